The van der Waals surface area contributed by atoms with E-state index in [2.05, 4.69) is 31.9 Å². The summed E-state index contributed by atoms with van der Waals surface area (Å²) in [5.74, 6) is 1.59. The Labute approximate surface area is 197 Å². The van der Waals surface area contributed by atoms with Crippen molar-refractivity contribution in [2.24, 2.45) is 0 Å². The summed E-state index contributed by atoms with van der Waals surface area (Å²) >= 11 is 6.83. The molecule has 30 heavy (non-hydrogen) atoms. The lowest BCUT2D eigenvalue weighted by atomic mass is 9.83. The third-order valence-corrected chi connectivity index (χ3v) is 6.48. The second kappa shape index (κ2) is 12.5. The van der Waals surface area contributed by atoms with Crippen molar-refractivity contribution in [3.8, 4) is 11.5 Å². The molecule has 5 heteroatoms. The van der Waals surface area contributed by atoms with Crippen LogP contribution in [-0.2, 0) is 4.79 Å². The second-order valence-corrected chi connectivity index (χ2v) is 9.25. The number of carbonyl (C=O) groups excluding carboxylic acids is 1. The molecule has 164 valence electrons. The Hall–Kier alpha value is -1.33. The Morgan fingerprint density at radius 1 is 0.800 bits per heavy atom. The molecule has 0 radical (unpaired) electrons. The van der Waals surface area contributed by atoms with Crippen molar-refractivity contribution in [1.29, 1.82) is 0 Å². The number of rotatable bonds is 12. The molecule has 0 aromatic heterocycles. The molecule has 2 atom stereocenters. The summed E-state index contributed by atoms with van der Waals surface area (Å²) in [6, 6.07) is 12.1. The summed E-state index contributed by atoms with van der Waals surface area (Å²) in [5.41, 5.74) is 4.30. The minimum absolute atomic E-state index is 0.175. The van der Waals surface area contributed by atoms with Crippen LogP contribution in [0.25, 0.3) is 0 Å². The molecule has 0 amide bonds. The average Bonchev–Trinajstić information content (AvgIpc) is 2.73. The summed E-state index contributed by atoms with van der Waals surface area (Å²) in [6.07, 6.45) is 1.93. The van der Waals surface area contributed by atoms with Crippen LogP contribution in [0.15, 0.2) is 36.4 Å². The summed E-state index contributed by atoms with van der Waals surface area (Å²) in [5, 5.41) is 1.85. The van der Waals surface area contributed by atoms with Gasteiger partial charge in [-0.25, -0.2) is 0 Å². The number of carbonyl (C=O) groups is 1. The Balaban J connectivity index is 2.10. The Morgan fingerprint density at radius 3 is 1.53 bits per heavy atom. The molecule has 0 spiro atoms. The van der Waals surface area contributed by atoms with E-state index in [4.69, 9.17) is 9.47 Å². The molecule has 2 unspecified atom stereocenters. The molecule has 0 N–H and O–H groups in total. The maximum atomic E-state index is 13.3. The quantitative estimate of drug-likeness (QED) is 0.213. The van der Waals surface area contributed by atoms with Gasteiger partial charge >= 0.3 is 0 Å². The van der Waals surface area contributed by atoms with Crippen LogP contribution < -0.4 is 9.47 Å². The minimum atomic E-state index is -0.175. The summed E-state index contributed by atoms with van der Waals surface area (Å²) in [7, 11) is 0. The van der Waals surface area contributed by atoms with Gasteiger partial charge in [0.2, 0.25) is 0 Å². The van der Waals surface area contributed by atoms with Gasteiger partial charge in [-0.1, -0.05) is 57.8 Å². The van der Waals surface area contributed by atoms with Crippen LogP contribution >= 0.6 is 31.9 Å². The van der Waals surface area contributed by atoms with Crippen molar-refractivity contribution in [1.82, 2.24) is 0 Å². The van der Waals surface area contributed by atoms with E-state index >= 15 is 0 Å². The molecular weight excluding hydrogens is 508 g/mol. The molecular formula is C25H32Br2O3. The van der Waals surface area contributed by atoms with E-state index in [0.29, 0.717) is 13.2 Å². The summed E-state index contributed by atoms with van der Waals surface area (Å²) in [4.78, 5) is 13.3. The predicted octanol–water partition coefficient (Wildman–Crippen LogP) is 7.11. The molecule has 0 heterocycles. The first-order valence-corrected chi connectivity index (χ1v) is 12.8. The van der Waals surface area contributed by atoms with Crippen LogP contribution in [0.1, 0.15) is 60.8 Å². The fourth-order valence-corrected chi connectivity index (χ4v) is 4.08. The van der Waals surface area contributed by atoms with Crippen LogP contribution in [-0.4, -0.2) is 29.7 Å². The van der Waals surface area contributed by atoms with E-state index < -0.39 is 0 Å². The first-order valence-electron chi connectivity index (χ1n) is 10.5. The van der Waals surface area contributed by atoms with Gasteiger partial charge in [-0.05, 0) is 73.2 Å². The fraction of sp³-hybridized carbons (Fsp3) is 0.480. The molecule has 0 aliphatic carbocycles. The summed E-state index contributed by atoms with van der Waals surface area (Å²) < 4.78 is 11.5. The van der Waals surface area contributed by atoms with Crippen LogP contribution in [0.5, 0.6) is 11.5 Å². The zero-order chi connectivity index (χ0) is 22.1. The van der Waals surface area contributed by atoms with Crippen molar-refractivity contribution >= 4 is 37.6 Å². The van der Waals surface area contributed by atoms with Crippen molar-refractivity contribution in [3.63, 3.8) is 0 Å². The fourth-order valence-electron chi connectivity index (χ4n) is 3.62. The topological polar surface area (TPSA) is 35.5 Å². The van der Waals surface area contributed by atoms with Crippen LogP contribution in [0.4, 0.5) is 0 Å². The number of hydrogen-bond acceptors (Lipinski definition) is 3. The molecule has 2 aromatic carbocycles. The standard InChI is InChI=1S/C25H32Br2O3/c1-17-15-21(29-13-5-11-26)7-9-23(17)19(3)25(28)20(4)24-10-8-22(16-18(24)2)30-14-6-12-27/h7-10,15-16,19-20H,5-6,11-14H2,1-4H3. The van der Waals surface area contributed by atoms with Crippen molar-refractivity contribution < 1.29 is 14.3 Å². The number of ether oxygens (including phenoxy) is 2. The van der Waals surface area contributed by atoms with Gasteiger partial charge < -0.3 is 9.47 Å². The molecule has 0 aliphatic heterocycles. The first-order chi connectivity index (χ1) is 14.4. The smallest absolute Gasteiger partial charge is 0.147 e. The number of aryl methyl sites for hydroxylation is 2. The molecule has 2 rings (SSSR count). The lowest BCUT2D eigenvalue weighted by Gasteiger charge is -2.21. The van der Waals surface area contributed by atoms with E-state index in [0.717, 1.165) is 57.3 Å². The van der Waals surface area contributed by atoms with E-state index in [1.54, 1.807) is 0 Å². The van der Waals surface area contributed by atoms with E-state index in [-0.39, 0.29) is 17.6 Å². The normalized spacial score (nSPS) is 13.0. The lowest BCUT2D eigenvalue weighted by Crippen LogP contribution is -2.18. The number of ketones is 1. The monoisotopic (exact) mass is 538 g/mol. The van der Waals surface area contributed by atoms with E-state index in [9.17, 15) is 4.79 Å². The van der Waals surface area contributed by atoms with Crippen LogP contribution in [0, 0.1) is 13.8 Å². The van der Waals surface area contributed by atoms with Gasteiger partial charge in [0.25, 0.3) is 0 Å². The third-order valence-electron chi connectivity index (χ3n) is 5.36. The van der Waals surface area contributed by atoms with Gasteiger partial charge in [-0.15, -0.1) is 0 Å². The molecule has 2 aromatic rings. The lowest BCUT2D eigenvalue weighted by molar-refractivity contribution is -0.121. The highest BCUT2D eigenvalue weighted by Crippen LogP contribution is 2.32. The van der Waals surface area contributed by atoms with Gasteiger partial charge in [0.15, 0.2) is 0 Å². The first kappa shape index (κ1) is 24.9. The van der Waals surface area contributed by atoms with Gasteiger partial charge in [0.05, 0.1) is 13.2 Å². The van der Waals surface area contributed by atoms with Gasteiger partial charge in [-0.3, -0.25) is 4.79 Å². The number of halogens is 2. The van der Waals surface area contributed by atoms with Crippen LogP contribution in [0.3, 0.4) is 0 Å². The second-order valence-electron chi connectivity index (χ2n) is 7.66. The average molecular weight is 540 g/mol. The number of Topliss-reactive ketones (excluding diaryl/α,β-unsaturated/α-hetero) is 1. The number of benzene rings is 2. The summed E-state index contributed by atoms with van der Waals surface area (Å²) in [6.45, 7) is 9.46. The van der Waals surface area contributed by atoms with E-state index in [1.165, 1.54) is 0 Å². The van der Waals surface area contributed by atoms with Crippen molar-refractivity contribution in [2.45, 2.75) is 52.4 Å². The van der Waals surface area contributed by atoms with Crippen molar-refractivity contribution in [2.75, 3.05) is 23.9 Å². The Bertz CT molecular complexity index is 768. The van der Waals surface area contributed by atoms with Gasteiger partial charge in [-0.2, -0.15) is 0 Å². The SMILES string of the molecule is Cc1cc(OCCCBr)ccc1C(C)C(=O)C(C)c1ccc(OCCCBr)cc1C. The maximum Gasteiger partial charge on any atom is 0.147 e. The molecule has 0 saturated carbocycles. The van der Waals surface area contributed by atoms with Crippen LogP contribution in [0.2, 0.25) is 0 Å². The maximum absolute atomic E-state index is 13.3. The molecule has 0 fully saturated rings. The molecule has 0 saturated heterocycles. The van der Waals surface area contributed by atoms with Gasteiger partial charge in [0, 0.05) is 22.5 Å². The number of hydrogen-bond donors (Lipinski definition) is 0. The van der Waals surface area contributed by atoms with Crippen molar-refractivity contribution in [3.05, 3.63) is 58.7 Å². The molecule has 3 nitrogen and oxygen atoms in total. The van der Waals surface area contributed by atoms with E-state index in [1.807, 2.05) is 64.1 Å². The molecule has 0 aliphatic rings. The predicted molar refractivity (Wildman–Crippen MR) is 132 cm³/mol. The Morgan fingerprint density at radius 2 is 1.20 bits per heavy atom. The zero-order valence-electron chi connectivity index (χ0n) is 18.3. The molecule has 0 bridgehead atoms. The third kappa shape index (κ3) is 6.84. The minimum Gasteiger partial charge on any atom is -0.494 e. The number of alkyl halides is 2. The highest BCUT2D eigenvalue weighted by atomic mass is 79.9. The highest BCUT2D eigenvalue weighted by Gasteiger charge is 2.25. The highest BCUT2D eigenvalue weighted by molar-refractivity contribution is 9.09. The largest absolute Gasteiger partial charge is 0.494 e. The zero-order valence-corrected chi connectivity index (χ0v) is 21.5. The Kier molecular flexibility index (Phi) is 10.4. The van der Waals surface area contributed by atoms with Gasteiger partial charge in [0.1, 0.15) is 17.3 Å².